The van der Waals surface area contributed by atoms with E-state index in [9.17, 15) is 0 Å². The molecule has 0 aromatic heterocycles. The third-order valence-electron chi connectivity index (χ3n) is 5.07. The van der Waals surface area contributed by atoms with Gasteiger partial charge in [-0.05, 0) is 75.5 Å². The van der Waals surface area contributed by atoms with E-state index in [1.54, 1.807) is 0 Å². The molecule has 3 heteroatoms. The fraction of sp³-hybridized carbons (Fsp3) is 1.00. The molecule has 0 aromatic rings. The Morgan fingerprint density at radius 3 is 2.72 bits per heavy atom. The Morgan fingerprint density at radius 2 is 2.00 bits per heavy atom. The first-order chi connectivity index (χ1) is 8.76. The smallest absolute Gasteiger partial charge is 0.0308 e. The van der Waals surface area contributed by atoms with Crippen molar-refractivity contribution in [1.82, 2.24) is 10.2 Å². The van der Waals surface area contributed by atoms with Crippen LogP contribution in [-0.4, -0.2) is 48.1 Å². The third kappa shape index (κ3) is 3.23. The van der Waals surface area contributed by atoms with E-state index in [1.807, 2.05) is 0 Å². The second kappa shape index (κ2) is 5.72. The van der Waals surface area contributed by atoms with Crippen LogP contribution >= 0.6 is 11.8 Å². The van der Waals surface area contributed by atoms with Crippen LogP contribution in [0.4, 0.5) is 0 Å². The highest BCUT2D eigenvalue weighted by molar-refractivity contribution is 7.99. The minimum atomic E-state index is 0.417. The number of hydrogen-bond acceptors (Lipinski definition) is 3. The summed E-state index contributed by atoms with van der Waals surface area (Å²) in [5.74, 6) is 4.74. The van der Waals surface area contributed by atoms with Gasteiger partial charge in [0.05, 0.1) is 0 Å². The predicted molar refractivity (Wildman–Crippen MR) is 80.2 cm³/mol. The minimum Gasteiger partial charge on any atom is -0.310 e. The topological polar surface area (TPSA) is 15.3 Å². The van der Waals surface area contributed by atoms with Crippen LogP contribution in [0.2, 0.25) is 0 Å². The molecule has 18 heavy (non-hydrogen) atoms. The molecular weight excluding hydrogens is 240 g/mol. The van der Waals surface area contributed by atoms with Crippen LogP contribution in [0.1, 0.15) is 39.0 Å². The molecule has 3 fully saturated rings. The summed E-state index contributed by atoms with van der Waals surface area (Å²) >= 11 is 2.15. The molecule has 1 saturated carbocycles. The summed E-state index contributed by atoms with van der Waals surface area (Å²) in [6.45, 7) is 7.68. The van der Waals surface area contributed by atoms with Crippen molar-refractivity contribution in [3.63, 3.8) is 0 Å². The van der Waals surface area contributed by atoms with Gasteiger partial charge >= 0.3 is 0 Å². The Kier molecular flexibility index (Phi) is 4.21. The Balaban J connectivity index is 1.56. The molecular formula is C15H28N2S. The van der Waals surface area contributed by atoms with Crippen molar-refractivity contribution >= 4 is 11.8 Å². The van der Waals surface area contributed by atoms with Crippen molar-refractivity contribution in [2.24, 2.45) is 11.8 Å². The van der Waals surface area contributed by atoms with Crippen LogP contribution in [0, 0.1) is 11.8 Å². The first-order valence-corrected chi connectivity index (χ1v) is 8.97. The SMILES string of the molecule is CC1(C2CC2)CN(CC2CCSCC2)CCCN1. The highest BCUT2D eigenvalue weighted by atomic mass is 32.2. The lowest BCUT2D eigenvalue weighted by Gasteiger charge is -2.36. The zero-order chi connectivity index (χ0) is 12.4. The summed E-state index contributed by atoms with van der Waals surface area (Å²) < 4.78 is 0. The van der Waals surface area contributed by atoms with E-state index in [0.29, 0.717) is 5.54 Å². The van der Waals surface area contributed by atoms with Gasteiger partial charge in [-0.25, -0.2) is 0 Å². The number of nitrogens with one attached hydrogen (secondary N) is 1. The number of rotatable bonds is 3. The molecule has 0 spiro atoms. The Labute approximate surface area is 116 Å². The zero-order valence-corrected chi connectivity index (χ0v) is 12.6. The summed E-state index contributed by atoms with van der Waals surface area (Å²) in [5, 5.41) is 3.84. The van der Waals surface area contributed by atoms with Crippen molar-refractivity contribution < 1.29 is 0 Å². The summed E-state index contributed by atoms with van der Waals surface area (Å²) in [7, 11) is 0. The van der Waals surface area contributed by atoms with E-state index in [-0.39, 0.29) is 0 Å². The number of nitrogens with zero attached hydrogens (tertiary/aromatic N) is 1. The van der Waals surface area contributed by atoms with Crippen LogP contribution in [0.3, 0.4) is 0 Å². The Bertz CT molecular complexity index is 274. The number of hydrogen-bond donors (Lipinski definition) is 1. The summed E-state index contributed by atoms with van der Waals surface area (Å²) in [6.07, 6.45) is 7.15. The fourth-order valence-corrected chi connectivity index (χ4v) is 4.92. The maximum absolute atomic E-state index is 3.84. The van der Waals surface area contributed by atoms with Gasteiger partial charge in [0.15, 0.2) is 0 Å². The standard InChI is InChI=1S/C15H28N2S/c1-15(14-3-4-14)12-17(8-2-7-16-15)11-13-5-9-18-10-6-13/h13-14,16H,2-12H2,1H3. The summed E-state index contributed by atoms with van der Waals surface area (Å²) in [4.78, 5) is 2.78. The highest BCUT2D eigenvalue weighted by Crippen LogP contribution is 2.40. The minimum absolute atomic E-state index is 0.417. The molecule has 104 valence electrons. The van der Waals surface area contributed by atoms with Crippen LogP contribution in [0.5, 0.6) is 0 Å². The quantitative estimate of drug-likeness (QED) is 0.847. The van der Waals surface area contributed by atoms with Gasteiger partial charge in [0, 0.05) is 18.6 Å². The lowest BCUT2D eigenvalue weighted by atomic mass is 9.94. The fourth-order valence-electron chi connectivity index (χ4n) is 3.72. The molecule has 1 aliphatic carbocycles. The summed E-state index contributed by atoms with van der Waals surface area (Å²) in [6, 6.07) is 0. The van der Waals surface area contributed by atoms with Gasteiger partial charge in [0.1, 0.15) is 0 Å². The van der Waals surface area contributed by atoms with Gasteiger partial charge in [-0.1, -0.05) is 0 Å². The van der Waals surface area contributed by atoms with Crippen molar-refractivity contribution in [3.8, 4) is 0 Å². The molecule has 1 N–H and O–H groups in total. The molecule has 0 aromatic carbocycles. The Hall–Kier alpha value is 0.270. The molecule has 3 rings (SSSR count). The molecule has 1 atom stereocenters. The maximum atomic E-state index is 3.84. The molecule has 2 nitrogen and oxygen atoms in total. The van der Waals surface area contributed by atoms with E-state index >= 15 is 0 Å². The molecule has 1 unspecified atom stereocenters. The summed E-state index contributed by atoms with van der Waals surface area (Å²) in [5.41, 5.74) is 0.417. The van der Waals surface area contributed by atoms with Crippen LogP contribution in [0.25, 0.3) is 0 Å². The van der Waals surface area contributed by atoms with E-state index < -0.39 is 0 Å². The zero-order valence-electron chi connectivity index (χ0n) is 11.8. The van der Waals surface area contributed by atoms with E-state index in [2.05, 4.69) is 28.9 Å². The molecule has 0 amide bonds. The second-order valence-corrected chi connectivity index (χ2v) is 7.99. The average Bonchev–Trinajstić information content (AvgIpc) is 3.19. The normalized spacial score (nSPS) is 36.5. The first kappa shape index (κ1) is 13.3. The second-order valence-electron chi connectivity index (χ2n) is 6.76. The van der Waals surface area contributed by atoms with Gasteiger partial charge in [-0.2, -0.15) is 11.8 Å². The molecule has 2 saturated heterocycles. The van der Waals surface area contributed by atoms with Crippen LogP contribution in [-0.2, 0) is 0 Å². The molecule has 3 aliphatic rings. The van der Waals surface area contributed by atoms with Crippen LogP contribution < -0.4 is 5.32 Å². The number of thioether (sulfide) groups is 1. The molecule has 2 heterocycles. The van der Waals surface area contributed by atoms with Gasteiger partial charge in [0.2, 0.25) is 0 Å². The first-order valence-electron chi connectivity index (χ1n) is 7.81. The molecule has 2 aliphatic heterocycles. The van der Waals surface area contributed by atoms with Gasteiger partial charge in [-0.3, -0.25) is 0 Å². The Morgan fingerprint density at radius 1 is 1.22 bits per heavy atom. The van der Waals surface area contributed by atoms with Crippen molar-refractivity contribution in [2.75, 3.05) is 37.7 Å². The van der Waals surface area contributed by atoms with E-state index in [1.165, 1.54) is 69.8 Å². The monoisotopic (exact) mass is 268 g/mol. The van der Waals surface area contributed by atoms with Crippen molar-refractivity contribution in [1.29, 1.82) is 0 Å². The largest absolute Gasteiger partial charge is 0.310 e. The van der Waals surface area contributed by atoms with Gasteiger partial charge in [-0.15, -0.1) is 0 Å². The molecule has 0 radical (unpaired) electrons. The van der Waals surface area contributed by atoms with Crippen LogP contribution in [0.15, 0.2) is 0 Å². The highest BCUT2D eigenvalue weighted by Gasteiger charge is 2.43. The lowest BCUT2D eigenvalue weighted by molar-refractivity contribution is 0.174. The third-order valence-corrected chi connectivity index (χ3v) is 6.12. The van der Waals surface area contributed by atoms with E-state index in [4.69, 9.17) is 0 Å². The average molecular weight is 268 g/mol. The lowest BCUT2D eigenvalue weighted by Crippen LogP contribution is -2.51. The molecule has 0 bridgehead atoms. The van der Waals surface area contributed by atoms with E-state index in [0.717, 1.165) is 11.8 Å². The predicted octanol–water partition coefficient (Wildman–Crippen LogP) is 2.59. The van der Waals surface area contributed by atoms with Gasteiger partial charge < -0.3 is 10.2 Å². The van der Waals surface area contributed by atoms with Crippen molar-refractivity contribution in [3.05, 3.63) is 0 Å². The van der Waals surface area contributed by atoms with Gasteiger partial charge in [0.25, 0.3) is 0 Å². The van der Waals surface area contributed by atoms with Crippen molar-refractivity contribution in [2.45, 2.75) is 44.6 Å². The maximum Gasteiger partial charge on any atom is 0.0308 e.